The van der Waals surface area contributed by atoms with Gasteiger partial charge in [0.15, 0.2) is 0 Å². The minimum absolute atomic E-state index is 0.200. The van der Waals surface area contributed by atoms with E-state index in [-0.39, 0.29) is 4.90 Å². The van der Waals surface area contributed by atoms with E-state index in [0.29, 0.717) is 30.5 Å². The van der Waals surface area contributed by atoms with Gasteiger partial charge in [-0.1, -0.05) is 37.8 Å². The minimum Gasteiger partial charge on any atom is -0.492 e. The SMILES string of the molecule is CCCCCOc1cc(C)c(Cl)cc1S(=O)(=O)N1CCCCC1. The van der Waals surface area contributed by atoms with Gasteiger partial charge in [0.1, 0.15) is 10.6 Å². The maximum atomic E-state index is 12.9. The van der Waals surface area contributed by atoms with Gasteiger partial charge in [-0.2, -0.15) is 4.31 Å². The van der Waals surface area contributed by atoms with Gasteiger partial charge in [-0.3, -0.25) is 0 Å². The molecular formula is C17H26ClNO3S. The summed E-state index contributed by atoms with van der Waals surface area (Å²) in [6.45, 7) is 5.65. The molecule has 0 N–H and O–H groups in total. The Bertz CT molecular complexity index is 625. The van der Waals surface area contributed by atoms with Crippen LogP contribution in [-0.4, -0.2) is 32.4 Å². The average molecular weight is 360 g/mol. The lowest BCUT2D eigenvalue weighted by Crippen LogP contribution is -2.35. The van der Waals surface area contributed by atoms with Gasteiger partial charge in [0.25, 0.3) is 0 Å². The molecule has 1 aromatic carbocycles. The van der Waals surface area contributed by atoms with Crippen LogP contribution in [0.4, 0.5) is 0 Å². The highest BCUT2D eigenvalue weighted by Gasteiger charge is 2.29. The second-order valence-corrected chi connectivity index (χ2v) is 8.38. The molecule has 1 saturated heterocycles. The van der Waals surface area contributed by atoms with Crippen molar-refractivity contribution in [3.05, 3.63) is 22.7 Å². The first kappa shape index (κ1) is 18.6. The molecule has 0 aromatic heterocycles. The number of unbranched alkanes of at least 4 members (excludes halogenated alkanes) is 2. The van der Waals surface area contributed by atoms with E-state index in [1.165, 1.54) is 6.07 Å². The van der Waals surface area contributed by atoms with Crippen LogP contribution in [0.2, 0.25) is 5.02 Å². The summed E-state index contributed by atoms with van der Waals surface area (Å²) < 4.78 is 33.2. The molecule has 0 aliphatic carbocycles. The summed E-state index contributed by atoms with van der Waals surface area (Å²) in [5.74, 6) is 0.425. The number of halogens is 1. The summed E-state index contributed by atoms with van der Waals surface area (Å²) in [6, 6.07) is 3.28. The molecule has 6 heteroatoms. The first-order chi connectivity index (χ1) is 11.0. The maximum absolute atomic E-state index is 12.9. The van der Waals surface area contributed by atoms with Crippen LogP contribution in [0.3, 0.4) is 0 Å². The third kappa shape index (κ3) is 4.61. The van der Waals surface area contributed by atoms with Crippen LogP contribution in [0.1, 0.15) is 51.0 Å². The molecule has 0 saturated carbocycles. The highest BCUT2D eigenvalue weighted by atomic mass is 35.5. The van der Waals surface area contributed by atoms with Gasteiger partial charge in [-0.15, -0.1) is 0 Å². The first-order valence-electron chi connectivity index (χ1n) is 8.40. The lowest BCUT2D eigenvalue weighted by Gasteiger charge is -2.27. The molecule has 0 bridgehead atoms. The smallest absolute Gasteiger partial charge is 0.246 e. The van der Waals surface area contributed by atoms with Gasteiger partial charge in [0.2, 0.25) is 10.0 Å². The molecule has 1 aliphatic heterocycles. The molecule has 0 amide bonds. The predicted octanol–water partition coefficient (Wildman–Crippen LogP) is 4.39. The quantitative estimate of drug-likeness (QED) is 0.678. The van der Waals surface area contributed by atoms with Gasteiger partial charge in [-0.25, -0.2) is 8.42 Å². The number of sulfonamides is 1. The molecule has 0 radical (unpaired) electrons. The first-order valence-corrected chi connectivity index (χ1v) is 10.2. The van der Waals surface area contributed by atoms with Crippen molar-refractivity contribution in [2.75, 3.05) is 19.7 Å². The average Bonchev–Trinajstić information content (AvgIpc) is 2.55. The Hall–Kier alpha value is -0.780. The second kappa shape index (κ2) is 8.36. The molecular weight excluding hydrogens is 334 g/mol. The van der Waals surface area contributed by atoms with Crippen LogP contribution in [-0.2, 0) is 10.0 Å². The van der Waals surface area contributed by atoms with Crippen molar-refractivity contribution in [3.8, 4) is 5.75 Å². The molecule has 130 valence electrons. The molecule has 4 nitrogen and oxygen atoms in total. The Balaban J connectivity index is 2.29. The summed E-state index contributed by atoms with van der Waals surface area (Å²) >= 11 is 6.18. The standard InChI is InChI=1S/C17H26ClNO3S/c1-3-4-8-11-22-16-12-14(2)15(18)13-17(16)23(20,21)19-9-6-5-7-10-19/h12-13H,3-11H2,1-2H3. The fraction of sp³-hybridized carbons (Fsp3) is 0.647. The predicted molar refractivity (Wildman–Crippen MR) is 93.8 cm³/mol. The fourth-order valence-electron chi connectivity index (χ4n) is 2.73. The number of nitrogens with zero attached hydrogens (tertiary/aromatic N) is 1. The van der Waals surface area contributed by atoms with Crippen LogP contribution in [0.25, 0.3) is 0 Å². The van der Waals surface area contributed by atoms with Gasteiger partial charge in [0.05, 0.1) is 6.61 Å². The molecule has 2 rings (SSSR count). The van der Waals surface area contributed by atoms with Crippen LogP contribution >= 0.6 is 11.6 Å². The summed E-state index contributed by atoms with van der Waals surface area (Å²) in [4.78, 5) is 0.200. The summed E-state index contributed by atoms with van der Waals surface area (Å²) in [5, 5.41) is 0.460. The molecule has 1 aromatic rings. The topological polar surface area (TPSA) is 46.6 Å². The van der Waals surface area contributed by atoms with Crippen molar-refractivity contribution >= 4 is 21.6 Å². The number of aryl methyl sites for hydroxylation is 1. The van der Waals surface area contributed by atoms with E-state index < -0.39 is 10.0 Å². The normalized spacial score (nSPS) is 16.5. The molecule has 1 aliphatic rings. The molecule has 0 atom stereocenters. The van der Waals surface area contributed by atoms with Gasteiger partial charge in [0, 0.05) is 18.1 Å². The lowest BCUT2D eigenvalue weighted by molar-refractivity contribution is 0.295. The van der Waals surface area contributed by atoms with E-state index in [1.54, 1.807) is 10.4 Å². The summed E-state index contributed by atoms with van der Waals surface area (Å²) in [6.07, 6.45) is 5.99. The zero-order chi connectivity index (χ0) is 16.9. The van der Waals surface area contributed by atoms with Crippen molar-refractivity contribution in [2.24, 2.45) is 0 Å². The highest BCUT2D eigenvalue weighted by Crippen LogP contribution is 2.33. The number of hydrogen-bond acceptors (Lipinski definition) is 3. The fourth-order valence-corrected chi connectivity index (χ4v) is 4.61. The van der Waals surface area contributed by atoms with Gasteiger partial charge in [-0.05, 0) is 43.9 Å². The largest absolute Gasteiger partial charge is 0.492 e. The Morgan fingerprint density at radius 2 is 1.87 bits per heavy atom. The maximum Gasteiger partial charge on any atom is 0.246 e. The lowest BCUT2D eigenvalue weighted by atomic mass is 10.2. The van der Waals surface area contributed by atoms with E-state index in [1.807, 2.05) is 6.92 Å². The highest BCUT2D eigenvalue weighted by molar-refractivity contribution is 7.89. The molecule has 0 spiro atoms. The number of rotatable bonds is 7. The Morgan fingerprint density at radius 1 is 1.17 bits per heavy atom. The van der Waals surface area contributed by atoms with E-state index in [2.05, 4.69) is 6.92 Å². The van der Waals surface area contributed by atoms with Crippen molar-refractivity contribution < 1.29 is 13.2 Å². The van der Waals surface area contributed by atoms with Crippen LogP contribution in [0.15, 0.2) is 17.0 Å². The van der Waals surface area contributed by atoms with Crippen LogP contribution in [0, 0.1) is 6.92 Å². The van der Waals surface area contributed by atoms with Crippen molar-refractivity contribution in [1.82, 2.24) is 4.31 Å². The minimum atomic E-state index is -3.55. The number of ether oxygens (including phenoxy) is 1. The monoisotopic (exact) mass is 359 g/mol. The summed E-state index contributed by atoms with van der Waals surface area (Å²) in [5.41, 5.74) is 0.828. The number of benzene rings is 1. The molecule has 23 heavy (non-hydrogen) atoms. The van der Waals surface area contributed by atoms with E-state index in [9.17, 15) is 8.42 Å². The van der Waals surface area contributed by atoms with E-state index in [0.717, 1.165) is 44.1 Å². The van der Waals surface area contributed by atoms with Gasteiger partial charge < -0.3 is 4.74 Å². The van der Waals surface area contributed by atoms with E-state index >= 15 is 0 Å². The molecule has 1 fully saturated rings. The van der Waals surface area contributed by atoms with Crippen LogP contribution in [0.5, 0.6) is 5.75 Å². The van der Waals surface area contributed by atoms with Crippen molar-refractivity contribution in [2.45, 2.75) is 57.3 Å². The number of piperidine rings is 1. The van der Waals surface area contributed by atoms with Crippen molar-refractivity contribution in [1.29, 1.82) is 0 Å². The Kier molecular flexibility index (Phi) is 6.74. The van der Waals surface area contributed by atoms with Crippen LogP contribution < -0.4 is 4.74 Å². The van der Waals surface area contributed by atoms with Gasteiger partial charge >= 0.3 is 0 Å². The van der Waals surface area contributed by atoms with E-state index in [4.69, 9.17) is 16.3 Å². The zero-order valence-corrected chi connectivity index (χ0v) is 15.5. The Morgan fingerprint density at radius 3 is 2.52 bits per heavy atom. The third-order valence-electron chi connectivity index (χ3n) is 4.16. The second-order valence-electron chi connectivity index (χ2n) is 6.07. The molecule has 0 unspecified atom stereocenters. The summed E-state index contributed by atoms with van der Waals surface area (Å²) in [7, 11) is -3.55. The zero-order valence-electron chi connectivity index (χ0n) is 14.0. The third-order valence-corrected chi connectivity index (χ3v) is 6.49. The Labute approximate surface area is 144 Å². The number of hydrogen-bond donors (Lipinski definition) is 0. The van der Waals surface area contributed by atoms with Crippen molar-refractivity contribution in [3.63, 3.8) is 0 Å². The molecule has 1 heterocycles.